The number of fused-ring (bicyclic) bond motifs is 1. The van der Waals surface area contributed by atoms with Crippen molar-refractivity contribution in [2.45, 2.75) is 6.54 Å². The van der Waals surface area contributed by atoms with Crippen LogP contribution in [0.2, 0.25) is 0 Å². The van der Waals surface area contributed by atoms with Crippen molar-refractivity contribution in [1.82, 2.24) is 14.9 Å². The lowest BCUT2D eigenvalue weighted by Crippen LogP contribution is -2.26. The van der Waals surface area contributed by atoms with Crippen molar-refractivity contribution < 1.29 is 9.53 Å². The molecule has 1 aromatic carbocycles. The molecule has 0 aliphatic rings. The van der Waals surface area contributed by atoms with Crippen molar-refractivity contribution in [1.29, 1.82) is 0 Å². The Bertz CT molecular complexity index is 614. The van der Waals surface area contributed by atoms with E-state index >= 15 is 0 Å². The SMILES string of the molecule is COC(=O)CN(C)Cc1ccc2[nH]c(=O)[nH]c2c1. The largest absolute Gasteiger partial charge is 0.468 e. The molecule has 1 aromatic heterocycles. The van der Waals surface area contributed by atoms with Gasteiger partial charge in [-0.1, -0.05) is 6.07 Å². The third kappa shape index (κ3) is 2.78. The lowest BCUT2D eigenvalue weighted by Gasteiger charge is -2.14. The quantitative estimate of drug-likeness (QED) is 0.772. The van der Waals surface area contributed by atoms with Crippen LogP contribution in [0.3, 0.4) is 0 Å². The number of imidazole rings is 1. The van der Waals surface area contributed by atoms with Gasteiger partial charge in [-0.15, -0.1) is 0 Å². The molecule has 0 unspecified atom stereocenters. The second-order valence-electron chi connectivity index (χ2n) is 4.21. The summed E-state index contributed by atoms with van der Waals surface area (Å²) in [6, 6.07) is 5.65. The van der Waals surface area contributed by atoms with Crippen molar-refractivity contribution >= 4 is 17.0 Å². The Hall–Kier alpha value is -2.08. The van der Waals surface area contributed by atoms with Crippen molar-refractivity contribution in [2.24, 2.45) is 0 Å². The number of hydrogen-bond acceptors (Lipinski definition) is 4. The number of esters is 1. The van der Waals surface area contributed by atoms with Gasteiger partial charge in [0.1, 0.15) is 0 Å². The number of carbonyl (C=O) groups is 1. The molecule has 2 rings (SSSR count). The molecule has 0 aliphatic heterocycles. The maximum Gasteiger partial charge on any atom is 0.323 e. The summed E-state index contributed by atoms with van der Waals surface area (Å²) in [4.78, 5) is 29.5. The normalized spacial score (nSPS) is 11.1. The number of nitrogens with one attached hydrogen (secondary N) is 2. The Labute approximate surface area is 104 Å². The number of aromatic nitrogens is 2. The Kier molecular flexibility index (Phi) is 3.47. The van der Waals surface area contributed by atoms with Crippen LogP contribution in [0.15, 0.2) is 23.0 Å². The number of carbonyl (C=O) groups excluding carboxylic acids is 1. The number of rotatable bonds is 4. The van der Waals surface area contributed by atoms with Gasteiger partial charge in [0.15, 0.2) is 0 Å². The monoisotopic (exact) mass is 249 g/mol. The summed E-state index contributed by atoms with van der Waals surface area (Å²) in [7, 11) is 3.20. The van der Waals surface area contributed by atoms with E-state index in [4.69, 9.17) is 0 Å². The van der Waals surface area contributed by atoms with Crippen LogP contribution in [-0.4, -0.2) is 41.5 Å². The van der Waals surface area contributed by atoms with Crippen LogP contribution in [0.25, 0.3) is 11.0 Å². The maximum atomic E-state index is 11.1. The van der Waals surface area contributed by atoms with Gasteiger partial charge in [-0.3, -0.25) is 9.69 Å². The molecule has 96 valence electrons. The van der Waals surface area contributed by atoms with Crippen LogP contribution in [0, 0.1) is 0 Å². The molecule has 0 atom stereocenters. The van der Waals surface area contributed by atoms with Gasteiger partial charge in [0.2, 0.25) is 0 Å². The third-order valence-electron chi connectivity index (χ3n) is 2.66. The van der Waals surface area contributed by atoms with Crippen molar-refractivity contribution in [3.8, 4) is 0 Å². The highest BCUT2D eigenvalue weighted by atomic mass is 16.5. The minimum Gasteiger partial charge on any atom is -0.468 e. The molecule has 6 heteroatoms. The molecule has 0 saturated carbocycles. The van der Waals surface area contributed by atoms with Crippen molar-refractivity contribution in [3.63, 3.8) is 0 Å². The first-order valence-corrected chi connectivity index (χ1v) is 5.55. The van der Waals surface area contributed by atoms with Crippen LogP contribution in [0.5, 0.6) is 0 Å². The number of methoxy groups -OCH3 is 1. The third-order valence-corrected chi connectivity index (χ3v) is 2.66. The topological polar surface area (TPSA) is 78.2 Å². The molecule has 2 N–H and O–H groups in total. The first-order chi connectivity index (χ1) is 8.58. The van der Waals surface area contributed by atoms with E-state index in [1.54, 1.807) is 0 Å². The lowest BCUT2D eigenvalue weighted by molar-refractivity contribution is -0.141. The lowest BCUT2D eigenvalue weighted by atomic mass is 10.2. The molecular weight excluding hydrogens is 234 g/mol. The van der Waals surface area contributed by atoms with Gasteiger partial charge in [0.05, 0.1) is 24.7 Å². The van der Waals surface area contributed by atoms with E-state index in [1.165, 1.54) is 7.11 Å². The van der Waals surface area contributed by atoms with E-state index in [-0.39, 0.29) is 18.2 Å². The Morgan fingerprint density at radius 1 is 1.33 bits per heavy atom. The van der Waals surface area contributed by atoms with E-state index in [2.05, 4.69) is 14.7 Å². The molecule has 0 radical (unpaired) electrons. The zero-order valence-corrected chi connectivity index (χ0v) is 10.3. The predicted octanol–water partition coefficient (Wildman–Crippen LogP) is 0.461. The first-order valence-electron chi connectivity index (χ1n) is 5.55. The number of hydrogen-bond donors (Lipinski definition) is 2. The van der Waals surface area contributed by atoms with Crippen LogP contribution in [-0.2, 0) is 16.1 Å². The molecule has 0 spiro atoms. The minimum atomic E-state index is -0.270. The fourth-order valence-corrected chi connectivity index (χ4v) is 1.83. The van der Waals surface area contributed by atoms with E-state index in [0.717, 1.165) is 16.6 Å². The predicted molar refractivity (Wildman–Crippen MR) is 67.3 cm³/mol. The summed E-state index contributed by atoms with van der Waals surface area (Å²) in [6.45, 7) is 0.844. The molecule has 0 bridgehead atoms. The van der Waals surface area contributed by atoms with E-state index in [9.17, 15) is 9.59 Å². The molecule has 1 heterocycles. The van der Waals surface area contributed by atoms with Crippen LogP contribution < -0.4 is 5.69 Å². The number of ether oxygens (including phenoxy) is 1. The van der Waals surface area contributed by atoms with Gasteiger partial charge in [0.25, 0.3) is 0 Å². The highest BCUT2D eigenvalue weighted by molar-refractivity contribution is 5.75. The van der Waals surface area contributed by atoms with Crippen molar-refractivity contribution in [3.05, 3.63) is 34.2 Å². The summed E-state index contributed by atoms with van der Waals surface area (Å²) in [5.41, 5.74) is 2.34. The molecule has 2 aromatic rings. The summed E-state index contributed by atoms with van der Waals surface area (Å²) in [5.74, 6) is -0.270. The molecular formula is C12H15N3O3. The summed E-state index contributed by atoms with van der Waals surface area (Å²) in [6.07, 6.45) is 0. The molecule has 0 aliphatic carbocycles. The van der Waals surface area contributed by atoms with Gasteiger partial charge in [-0.2, -0.15) is 0 Å². The number of likely N-dealkylation sites (N-methyl/N-ethyl adjacent to an activating group) is 1. The highest BCUT2D eigenvalue weighted by Gasteiger charge is 2.07. The minimum absolute atomic E-state index is 0.218. The second-order valence-corrected chi connectivity index (χ2v) is 4.21. The fraction of sp³-hybridized carbons (Fsp3) is 0.333. The fourth-order valence-electron chi connectivity index (χ4n) is 1.83. The average molecular weight is 249 g/mol. The Balaban J connectivity index is 2.11. The summed E-state index contributed by atoms with van der Waals surface area (Å²) < 4.78 is 4.60. The van der Waals surface area contributed by atoms with Gasteiger partial charge >= 0.3 is 11.7 Å². The van der Waals surface area contributed by atoms with Gasteiger partial charge in [-0.25, -0.2) is 4.79 Å². The molecule has 18 heavy (non-hydrogen) atoms. The second kappa shape index (κ2) is 5.05. The van der Waals surface area contributed by atoms with Crippen molar-refractivity contribution in [2.75, 3.05) is 20.7 Å². The van der Waals surface area contributed by atoms with Gasteiger partial charge < -0.3 is 14.7 Å². The number of H-pyrrole nitrogens is 2. The molecule has 6 nitrogen and oxygen atoms in total. The van der Waals surface area contributed by atoms with Crippen LogP contribution >= 0.6 is 0 Å². The van der Waals surface area contributed by atoms with Gasteiger partial charge in [-0.05, 0) is 24.7 Å². The van der Waals surface area contributed by atoms with Crippen LogP contribution in [0.4, 0.5) is 0 Å². The smallest absolute Gasteiger partial charge is 0.323 e. The number of aromatic amines is 2. The summed E-state index contributed by atoms with van der Waals surface area (Å²) in [5, 5.41) is 0. The van der Waals surface area contributed by atoms with Gasteiger partial charge in [0, 0.05) is 6.54 Å². The van der Waals surface area contributed by atoms with E-state index in [0.29, 0.717) is 6.54 Å². The zero-order valence-electron chi connectivity index (χ0n) is 10.3. The Morgan fingerprint density at radius 3 is 2.78 bits per heavy atom. The molecule has 0 fully saturated rings. The zero-order chi connectivity index (χ0) is 13.1. The average Bonchev–Trinajstić information content (AvgIpc) is 2.68. The Morgan fingerprint density at radius 2 is 2.06 bits per heavy atom. The molecule has 0 amide bonds. The standard InChI is InChI=1S/C12H15N3O3/c1-15(7-11(16)18-2)6-8-3-4-9-10(5-8)14-12(17)13-9/h3-5H,6-7H2,1-2H3,(H2,13,14,17). The molecule has 0 saturated heterocycles. The number of benzene rings is 1. The van der Waals surface area contributed by atoms with E-state index < -0.39 is 0 Å². The maximum absolute atomic E-state index is 11.1. The first kappa shape index (κ1) is 12.4. The highest BCUT2D eigenvalue weighted by Crippen LogP contribution is 2.11. The van der Waals surface area contributed by atoms with Crippen LogP contribution in [0.1, 0.15) is 5.56 Å². The number of nitrogens with zero attached hydrogens (tertiary/aromatic N) is 1. The van der Waals surface area contributed by atoms with E-state index in [1.807, 2.05) is 30.1 Å². The summed E-state index contributed by atoms with van der Waals surface area (Å²) >= 11 is 0.